The smallest absolute Gasteiger partial charge is 0.303 e. The third-order valence-corrected chi connectivity index (χ3v) is 3.79. The molecule has 5 heteroatoms. The number of likely N-dealkylation sites (tertiary alicyclic amines) is 1. The first-order valence-corrected chi connectivity index (χ1v) is 7.34. The van der Waals surface area contributed by atoms with Crippen LogP contribution in [-0.4, -0.2) is 40.5 Å². The Kier molecular flexibility index (Phi) is 6.84. The van der Waals surface area contributed by atoms with E-state index in [1.165, 1.54) is 0 Å². The monoisotopic (exact) mass is 270 g/mol. The van der Waals surface area contributed by atoms with Gasteiger partial charge in [0.2, 0.25) is 5.91 Å². The third-order valence-electron chi connectivity index (χ3n) is 3.79. The number of nitrogens with zero attached hydrogens (tertiary/aromatic N) is 1. The Morgan fingerprint density at radius 3 is 2.79 bits per heavy atom. The first-order valence-electron chi connectivity index (χ1n) is 7.34. The molecule has 0 radical (unpaired) electrons. The van der Waals surface area contributed by atoms with Gasteiger partial charge in [-0.05, 0) is 32.1 Å². The van der Waals surface area contributed by atoms with Crippen LogP contribution in [0.4, 0.5) is 0 Å². The molecule has 1 fully saturated rings. The Labute approximate surface area is 115 Å². The first-order chi connectivity index (χ1) is 9.06. The number of carboxylic acids is 1. The van der Waals surface area contributed by atoms with E-state index < -0.39 is 12.0 Å². The molecule has 1 rings (SSSR count). The van der Waals surface area contributed by atoms with E-state index in [1.54, 1.807) is 0 Å². The molecule has 0 saturated carbocycles. The van der Waals surface area contributed by atoms with E-state index in [-0.39, 0.29) is 18.4 Å². The van der Waals surface area contributed by atoms with Gasteiger partial charge in [-0.15, -0.1) is 0 Å². The highest BCUT2D eigenvalue weighted by molar-refractivity contribution is 5.82. The van der Waals surface area contributed by atoms with E-state index in [0.717, 1.165) is 45.1 Å². The number of carbonyl (C=O) groups is 2. The predicted molar refractivity (Wildman–Crippen MR) is 73.7 cm³/mol. The van der Waals surface area contributed by atoms with Gasteiger partial charge in [0.25, 0.3) is 0 Å². The zero-order valence-electron chi connectivity index (χ0n) is 11.8. The van der Waals surface area contributed by atoms with Gasteiger partial charge < -0.3 is 15.7 Å². The van der Waals surface area contributed by atoms with Crippen molar-refractivity contribution < 1.29 is 14.7 Å². The number of nitrogens with two attached hydrogens (primary N) is 1. The van der Waals surface area contributed by atoms with Crippen LogP contribution in [-0.2, 0) is 9.59 Å². The highest BCUT2D eigenvalue weighted by Crippen LogP contribution is 2.22. The maximum absolute atomic E-state index is 12.3. The topological polar surface area (TPSA) is 83.6 Å². The zero-order valence-corrected chi connectivity index (χ0v) is 11.8. The standard InChI is InChI=1S/C14H26N2O3/c1-2-3-7-12(15)14(19)16-10-5-4-6-11(16)8-9-13(17)18/h11-12H,2-10,15H2,1H3,(H,17,18)/t11?,12-/m0/s1. The second kappa shape index (κ2) is 8.15. The van der Waals surface area contributed by atoms with Gasteiger partial charge in [0, 0.05) is 19.0 Å². The Hall–Kier alpha value is -1.10. The van der Waals surface area contributed by atoms with Crippen LogP contribution in [0, 0.1) is 0 Å². The summed E-state index contributed by atoms with van der Waals surface area (Å²) in [5, 5.41) is 8.77. The van der Waals surface area contributed by atoms with E-state index in [2.05, 4.69) is 6.92 Å². The van der Waals surface area contributed by atoms with Crippen LogP contribution in [0.1, 0.15) is 58.3 Å². The molecule has 0 aromatic carbocycles. The quantitative estimate of drug-likeness (QED) is 0.738. The number of carbonyl (C=O) groups excluding carboxylic acids is 1. The fraction of sp³-hybridized carbons (Fsp3) is 0.857. The number of hydrogen-bond donors (Lipinski definition) is 2. The molecule has 1 saturated heterocycles. The van der Waals surface area contributed by atoms with Crippen molar-refractivity contribution in [3.05, 3.63) is 0 Å². The second-order valence-electron chi connectivity index (χ2n) is 5.36. The number of unbranched alkanes of at least 4 members (excludes halogenated alkanes) is 1. The van der Waals surface area contributed by atoms with Crippen molar-refractivity contribution in [3.8, 4) is 0 Å². The Balaban J connectivity index is 2.54. The molecule has 1 aliphatic heterocycles. The Morgan fingerprint density at radius 1 is 1.42 bits per heavy atom. The lowest BCUT2D eigenvalue weighted by Gasteiger charge is -2.37. The number of aliphatic carboxylic acids is 1. The lowest BCUT2D eigenvalue weighted by molar-refractivity contribution is -0.140. The fourth-order valence-electron chi connectivity index (χ4n) is 2.64. The van der Waals surface area contributed by atoms with Gasteiger partial charge in [0.05, 0.1) is 6.04 Å². The van der Waals surface area contributed by atoms with E-state index in [1.807, 2.05) is 4.90 Å². The van der Waals surface area contributed by atoms with E-state index in [0.29, 0.717) is 6.42 Å². The number of hydrogen-bond acceptors (Lipinski definition) is 3. The molecule has 0 aromatic rings. The van der Waals surface area contributed by atoms with Crippen LogP contribution in [0.25, 0.3) is 0 Å². The minimum absolute atomic E-state index is 0.00328. The van der Waals surface area contributed by atoms with Crippen LogP contribution in [0.5, 0.6) is 0 Å². The summed E-state index contributed by atoms with van der Waals surface area (Å²) in [6.45, 7) is 2.80. The van der Waals surface area contributed by atoms with E-state index in [9.17, 15) is 9.59 Å². The number of rotatable bonds is 7. The zero-order chi connectivity index (χ0) is 14.3. The lowest BCUT2D eigenvalue weighted by atomic mass is 9.96. The average molecular weight is 270 g/mol. The molecule has 19 heavy (non-hydrogen) atoms. The SMILES string of the molecule is CCCC[C@H](N)C(=O)N1CCCCC1CCC(=O)O. The van der Waals surface area contributed by atoms with Crippen LogP contribution in [0.2, 0.25) is 0 Å². The van der Waals surface area contributed by atoms with Crippen molar-refractivity contribution in [1.82, 2.24) is 4.90 Å². The van der Waals surface area contributed by atoms with Crippen molar-refractivity contribution in [2.75, 3.05) is 6.54 Å². The van der Waals surface area contributed by atoms with Crippen LogP contribution in [0.3, 0.4) is 0 Å². The maximum Gasteiger partial charge on any atom is 0.303 e. The maximum atomic E-state index is 12.3. The van der Waals surface area contributed by atoms with Gasteiger partial charge in [-0.3, -0.25) is 9.59 Å². The van der Waals surface area contributed by atoms with Crippen LogP contribution in [0.15, 0.2) is 0 Å². The molecule has 0 aromatic heterocycles. The Morgan fingerprint density at radius 2 is 2.16 bits per heavy atom. The molecular formula is C14H26N2O3. The molecular weight excluding hydrogens is 244 g/mol. The first kappa shape index (κ1) is 16.0. The van der Waals surface area contributed by atoms with Crippen LogP contribution < -0.4 is 5.73 Å². The summed E-state index contributed by atoms with van der Waals surface area (Å²) in [4.78, 5) is 24.8. The van der Waals surface area contributed by atoms with Gasteiger partial charge >= 0.3 is 5.97 Å². The molecule has 0 spiro atoms. The van der Waals surface area contributed by atoms with E-state index >= 15 is 0 Å². The summed E-state index contributed by atoms with van der Waals surface area (Å²) >= 11 is 0. The summed E-state index contributed by atoms with van der Waals surface area (Å²) < 4.78 is 0. The Bertz CT molecular complexity index is 307. The van der Waals surface area contributed by atoms with Gasteiger partial charge in [-0.2, -0.15) is 0 Å². The van der Waals surface area contributed by atoms with Crippen molar-refractivity contribution in [3.63, 3.8) is 0 Å². The van der Waals surface area contributed by atoms with Crippen LogP contribution >= 0.6 is 0 Å². The number of amides is 1. The van der Waals surface area contributed by atoms with E-state index in [4.69, 9.17) is 10.8 Å². The summed E-state index contributed by atoms with van der Waals surface area (Å²) in [6, 6.07) is -0.365. The van der Waals surface area contributed by atoms with Gasteiger partial charge in [0.15, 0.2) is 0 Å². The van der Waals surface area contributed by atoms with Gasteiger partial charge in [-0.1, -0.05) is 19.8 Å². The average Bonchev–Trinajstić information content (AvgIpc) is 2.42. The molecule has 1 unspecified atom stereocenters. The van der Waals surface area contributed by atoms with Crippen molar-refractivity contribution >= 4 is 11.9 Å². The minimum atomic E-state index is -0.798. The molecule has 1 heterocycles. The number of piperidine rings is 1. The highest BCUT2D eigenvalue weighted by atomic mass is 16.4. The minimum Gasteiger partial charge on any atom is -0.481 e. The highest BCUT2D eigenvalue weighted by Gasteiger charge is 2.29. The number of carboxylic acid groups (broad SMARTS) is 1. The largest absolute Gasteiger partial charge is 0.481 e. The van der Waals surface area contributed by atoms with Gasteiger partial charge in [-0.25, -0.2) is 0 Å². The second-order valence-corrected chi connectivity index (χ2v) is 5.36. The summed E-state index contributed by atoms with van der Waals surface area (Å²) in [5.41, 5.74) is 5.94. The lowest BCUT2D eigenvalue weighted by Crippen LogP contribution is -2.50. The van der Waals surface area contributed by atoms with Crippen molar-refractivity contribution in [2.24, 2.45) is 5.73 Å². The third kappa shape index (κ3) is 5.19. The van der Waals surface area contributed by atoms with Crippen molar-refractivity contribution in [1.29, 1.82) is 0 Å². The molecule has 0 aliphatic carbocycles. The predicted octanol–water partition coefficient (Wildman–Crippen LogP) is 1.75. The van der Waals surface area contributed by atoms with Gasteiger partial charge in [0.1, 0.15) is 0 Å². The fourth-order valence-corrected chi connectivity index (χ4v) is 2.64. The van der Waals surface area contributed by atoms with Crippen molar-refractivity contribution in [2.45, 2.75) is 70.4 Å². The summed E-state index contributed by atoms with van der Waals surface area (Å²) in [7, 11) is 0. The summed E-state index contributed by atoms with van der Waals surface area (Å²) in [6.07, 6.45) is 6.34. The molecule has 5 nitrogen and oxygen atoms in total. The molecule has 1 aliphatic rings. The molecule has 3 N–H and O–H groups in total. The molecule has 0 bridgehead atoms. The summed E-state index contributed by atoms with van der Waals surface area (Å²) in [5.74, 6) is -0.795. The normalized spacial score (nSPS) is 21.2. The molecule has 2 atom stereocenters. The molecule has 1 amide bonds. The molecule has 110 valence electrons.